The summed E-state index contributed by atoms with van der Waals surface area (Å²) in [6.45, 7) is 1.27. The second-order valence-corrected chi connectivity index (χ2v) is 4.45. The minimum atomic E-state index is -0.777. The first-order valence-corrected chi connectivity index (χ1v) is 6.04. The number of carbonyl (C=O) groups is 3. The molecule has 1 aromatic rings. The summed E-state index contributed by atoms with van der Waals surface area (Å²) in [6.07, 6.45) is 0. The molecule has 1 unspecified atom stereocenters. The van der Waals surface area contributed by atoms with Gasteiger partial charge in [-0.3, -0.25) is 25.0 Å². The fourth-order valence-electron chi connectivity index (χ4n) is 1.82. The van der Waals surface area contributed by atoms with Crippen LogP contribution in [-0.2, 0) is 9.59 Å². The standard InChI is InChI=1S/C12H12N4O5/c1-7-11(18)14-10(17)6-15(7)12(19)13-8-2-4-9(5-3-8)16(20)21/h2-5,7H,6H2,1H3,(H,13,19)(H,14,17,18). The molecule has 1 atom stereocenters. The molecule has 110 valence electrons. The van der Waals surface area contributed by atoms with Crippen molar-refractivity contribution in [3.05, 3.63) is 34.4 Å². The number of imide groups is 1. The number of benzene rings is 1. The van der Waals surface area contributed by atoms with Crippen molar-refractivity contribution in [1.82, 2.24) is 10.2 Å². The predicted octanol–water partition coefficient (Wildman–Crippen LogP) is 0.474. The number of amides is 4. The van der Waals surface area contributed by atoms with Crippen LogP contribution in [0.4, 0.5) is 16.2 Å². The molecule has 0 aromatic heterocycles. The van der Waals surface area contributed by atoms with Crippen LogP contribution in [0.1, 0.15) is 6.92 Å². The number of non-ortho nitro benzene ring substituents is 1. The maximum atomic E-state index is 12.0. The van der Waals surface area contributed by atoms with E-state index in [0.717, 1.165) is 4.90 Å². The van der Waals surface area contributed by atoms with Gasteiger partial charge in [0.15, 0.2) is 0 Å². The first-order valence-electron chi connectivity index (χ1n) is 6.04. The summed E-state index contributed by atoms with van der Waals surface area (Å²) in [7, 11) is 0. The number of rotatable bonds is 2. The van der Waals surface area contributed by atoms with Crippen molar-refractivity contribution in [3.63, 3.8) is 0 Å². The highest BCUT2D eigenvalue weighted by atomic mass is 16.6. The van der Waals surface area contributed by atoms with E-state index in [-0.39, 0.29) is 12.2 Å². The number of carbonyl (C=O) groups excluding carboxylic acids is 3. The first-order chi connectivity index (χ1) is 9.88. The minimum Gasteiger partial charge on any atom is -0.308 e. The van der Waals surface area contributed by atoms with Crippen LogP contribution in [-0.4, -0.2) is 40.3 Å². The fourth-order valence-corrected chi connectivity index (χ4v) is 1.82. The Kier molecular flexibility index (Phi) is 3.83. The lowest BCUT2D eigenvalue weighted by molar-refractivity contribution is -0.384. The minimum absolute atomic E-state index is 0.103. The summed E-state index contributed by atoms with van der Waals surface area (Å²) in [6, 6.07) is 3.82. The van der Waals surface area contributed by atoms with Gasteiger partial charge in [0, 0.05) is 17.8 Å². The number of nitro groups is 1. The predicted molar refractivity (Wildman–Crippen MR) is 71.4 cm³/mol. The maximum absolute atomic E-state index is 12.0. The Labute approximate surface area is 119 Å². The third kappa shape index (κ3) is 3.14. The zero-order valence-corrected chi connectivity index (χ0v) is 11.0. The molecule has 1 aromatic carbocycles. The second kappa shape index (κ2) is 5.57. The highest BCUT2D eigenvalue weighted by molar-refractivity contribution is 6.05. The van der Waals surface area contributed by atoms with E-state index in [9.17, 15) is 24.5 Å². The zero-order chi connectivity index (χ0) is 15.6. The van der Waals surface area contributed by atoms with Crippen molar-refractivity contribution in [2.75, 3.05) is 11.9 Å². The molecule has 1 heterocycles. The Bertz CT molecular complexity index is 613. The summed E-state index contributed by atoms with van der Waals surface area (Å²) >= 11 is 0. The largest absolute Gasteiger partial charge is 0.322 e. The van der Waals surface area contributed by atoms with E-state index in [1.54, 1.807) is 0 Å². The average molecular weight is 292 g/mol. The lowest BCUT2D eigenvalue weighted by Crippen LogP contribution is -2.59. The topological polar surface area (TPSA) is 122 Å². The van der Waals surface area contributed by atoms with Gasteiger partial charge in [-0.15, -0.1) is 0 Å². The van der Waals surface area contributed by atoms with Gasteiger partial charge >= 0.3 is 6.03 Å². The quantitative estimate of drug-likeness (QED) is 0.466. The SMILES string of the molecule is CC1C(=O)NC(=O)CN1C(=O)Nc1ccc([N+](=O)[O-])cc1. The van der Waals surface area contributed by atoms with Gasteiger partial charge in [0.25, 0.3) is 5.69 Å². The van der Waals surface area contributed by atoms with Gasteiger partial charge in [-0.25, -0.2) is 4.79 Å². The lowest BCUT2D eigenvalue weighted by Gasteiger charge is -2.31. The van der Waals surface area contributed by atoms with E-state index in [4.69, 9.17) is 0 Å². The fraction of sp³-hybridized carbons (Fsp3) is 0.250. The number of nitrogens with one attached hydrogen (secondary N) is 2. The summed E-state index contributed by atoms with van der Waals surface area (Å²) < 4.78 is 0. The molecule has 0 bridgehead atoms. The first kappa shape index (κ1) is 14.4. The average Bonchev–Trinajstić information content (AvgIpc) is 2.43. The van der Waals surface area contributed by atoms with Gasteiger partial charge in [-0.1, -0.05) is 0 Å². The molecule has 9 nitrogen and oxygen atoms in total. The molecule has 4 amide bonds. The Morgan fingerprint density at radius 2 is 2.00 bits per heavy atom. The lowest BCUT2D eigenvalue weighted by atomic mass is 10.2. The van der Waals surface area contributed by atoms with Crippen LogP contribution in [0, 0.1) is 10.1 Å². The van der Waals surface area contributed by atoms with Crippen LogP contribution in [0.2, 0.25) is 0 Å². The van der Waals surface area contributed by atoms with E-state index in [0.29, 0.717) is 5.69 Å². The number of hydrogen-bond acceptors (Lipinski definition) is 5. The van der Waals surface area contributed by atoms with E-state index >= 15 is 0 Å². The Hall–Kier alpha value is -2.97. The summed E-state index contributed by atoms with van der Waals surface area (Å²) in [5, 5.41) is 15.1. The van der Waals surface area contributed by atoms with Gasteiger partial charge in [-0.05, 0) is 19.1 Å². The van der Waals surface area contributed by atoms with Crippen LogP contribution in [0.5, 0.6) is 0 Å². The van der Waals surface area contributed by atoms with Crippen molar-refractivity contribution in [2.24, 2.45) is 0 Å². The zero-order valence-electron chi connectivity index (χ0n) is 11.0. The molecule has 0 radical (unpaired) electrons. The van der Waals surface area contributed by atoms with E-state index < -0.39 is 28.8 Å². The molecule has 1 aliphatic rings. The highest BCUT2D eigenvalue weighted by Crippen LogP contribution is 2.16. The van der Waals surface area contributed by atoms with Gasteiger partial charge in [0.2, 0.25) is 11.8 Å². The normalized spacial score (nSPS) is 18.1. The van der Waals surface area contributed by atoms with E-state index in [1.165, 1.54) is 31.2 Å². The molecule has 0 saturated carbocycles. The van der Waals surface area contributed by atoms with Crippen LogP contribution in [0.15, 0.2) is 24.3 Å². The molecule has 1 fully saturated rings. The van der Waals surface area contributed by atoms with Crippen molar-refractivity contribution in [1.29, 1.82) is 0 Å². The third-order valence-corrected chi connectivity index (χ3v) is 3.01. The van der Waals surface area contributed by atoms with Crippen LogP contribution in [0.3, 0.4) is 0 Å². The third-order valence-electron chi connectivity index (χ3n) is 3.01. The van der Waals surface area contributed by atoms with Crippen molar-refractivity contribution < 1.29 is 19.3 Å². The maximum Gasteiger partial charge on any atom is 0.322 e. The Balaban J connectivity index is 2.08. The van der Waals surface area contributed by atoms with Crippen LogP contribution >= 0.6 is 0 Å². The monoisotopic (exact) mass is 292 g/mol. The van der Waals surface area contributed by atoms with Crippen molar-refractivity contribution in [2.45, 2.75) is 13.0 Å². The molecular weight excluding hydrogens is 280 g/mol. The van der Waals surface area contributed by atoms with Gasteiger partial charge < -0.3 is 10.2 Å². The van der Waals surface area contributed by atoms with Gasteiger partial charge in [0.1, 0.15) is 12.6 Å². The van der Waals surface area contributed by atoms with Crippen LogP contribution in [0.25, 0.3) is 0 Å². The molecule has 21 heavy (non-hydrogen) atoms. The molecule has 0 aliphatic carbocycles. The molecular formula is C12H12N4O5. The van der Waals surface area contributed by atoms with Crippen molar-refractivity contribution in [3.8, 4) is 0 Å². The molecule has 2 N–H and O–H groups in total. The van der Waals surface area contributed by atoms with Gasteiger partial charge in [0.05, 0.1) is 4.92 Å². The number of nitrogens with zero attached hydrogens (tertiary/aromatic N) is 2. The van der Waals surface area contributed by atoms with Gasteiger partial charge in [-0.2, -0.15) is 0 Å². The number of hydrogen-bond donors (Lipinski definition) is 2. The molecule has 2 rings (SSSR count). The number of piperazine rings is 1. The molecule has 9 heteroatoms. The van der Waals surface area contributed by atoms with Crippen molar-refractivity contribution >= 4 is 29.2 Å². The molecule has 1 aliphatic heterocycles. The summed E-state index contributed by atoms with van der Waals surface area (Å²) in [5.41, 5.74) is 0.227. The Morgan fingerprint density at radius 1 is 1.38 bits per heavy atom. The van der Waals surface area contributed by atoms with E-state index in [1.807, 2.05) is 0 Å². The number of urea groups is 1. The highest BCUT2D eigenvalue weighted by Gasteiger charge is 2.33. The number of anilines is 1. The Morgan fingerprint density at radius 3 is 2.57 bits per heavy atom. The van der Waals surface area contributed by atoms with Crippen LogP contribution < -0.4 is 10.6 Å². The summed E-state index contributed by atoms with van der Waals surface area (Å²) in [5.74, 6) is -1.11. The number of nitro benzene ring substituents is 1. The molecule has 0 spiro atoms. The second-order valence-electron chi connectivity index (χ2n) is 4.45. The summed E-state index contributed by atoms with van der Waals surface area (Å²) in [4.78, 5) is 45.8. The van der Waals surface area contributed by atoms with E-state index in [2.05, 4.69) is 10.6 Å². The molecule has 1 saturated heterocycles. The smallest absolute Gasteiger partial charge is 0.308 e.